The zero-order valence-electron chi connectivity index (χ0n) is 31.4. The summed E-state index contributed by atoms with van der Waals surface area (Å²) in [4.78, 5) is 19.6. The number of hydrogen-bond acceptors (Lipinski definition) is 5. The summed E-state index contributed by atoms with van der Waals surface area (Å²) in [5, 5.41) is 10.0. The van der Waals surface area contributed by atoms with E-state index in [9.17, 15) is 11.4 Å². The number of aromatic amines is 1. The van der Waals surface area contributed by atoms with Gasteiger partial charge in [0.1, 0.15) is 0 Å². The summed E-state index contributed by atoms with van der Waals surface area (Å²) >= 11 is 0. The fourth-order valence-corrected chi connectivity index (χ4v) is 5.33. The third-order valence-corrected chi connectivity index (χ3v) is 7.29. The molecule has 0 unspecified atom stereocenters. The van der Waals surface area contributed by atoms with Crippen molar-refractivity contribution in [2.24, 2.45) is 0 Å². The van der Waals surface area contributed by atoms with Gasteiger partial charge in [0.25, 0.3) is 0 Å². The lowest BCUT2D eigenvalue weighted by atomic mass is 9.70. The summed E-state index contributed by atoms with van der Waals surface area (Å²) in [7, 11) is 0. The molecule has 2 fully saturated rings. The van der Waals surface area contributed by atoms with E-state index in [0.717, 1.165) is 4.90 Å². The maximum Gasteiger partial charge on any atom is 0.195 e. The van der Waals surface area contributed by atoms with Gasteiger partial charge in [0.2, 0.25) is 0 Å². The van der Waals surface area contributed by atoms with Crippen molar-refractivity contribution in [2.75, 3.05) is 44.2 Å². The number of fused-ring (bicyclic) bond motifs is 4. The second-order valence-corrected chi connectivity index (χ2v) is 9.67. The Morgan fingerprint density at radius 3 is 2.67 bits per heavy atom. The molecule has 36 heavy (non-hydrogen) atoms. The average Bonchev–Trinajstić information content (AvgIpc) is 3.31. The minimum Gasteiger partial charge on any atom is -0.379 e. The number of piperidine rings is 1. The summed E-state index contributed by atoms with van der Waals surface area (Å²) in [6.45, 7) is -2.87. The van der Waals surface area contributed by atoms with Crippen molar-refractivity contribution in [1.29, 1.82) is 5.26 Å². The van der Waals surface area contributed by atoms with Crippen LogP contribution in [0, 0.1) is 11.3 Å². The number of anilines is 1. The Bertz CT molecular complexity index is 1840. The lowest BCUT2D eigenvalue weighted by Gasteiger charge is -2.42. The molecule has 2 aromatic carbocycles. The molecule has 0 saturated carbocycles. The number of nitriles is 1. The van der Waals surface area contributed by atoms with Crippen LogP contribution in [0.15, 0.2) is 30.3 Å². The molecule has 3 heterocycles. The molecule has 3 aromatic rings. The number of benzene rings is 2. The first-order valence-electron chi connectivity index (χ1n) is 17.4. The minimum absolute atomic E-state index is 0.0265. The maximum atomic E-state index is 14.1. The highest BCUT2D eigenvalue weighted by molar-refractivity contribution is 6.20. The summed E-state index contributed by atoms with van der Waals surface area (Å²) in [5.74, 6) is -0.354. The van der Waals surface area contributed by atoms with E-state index in [2.05, 4.69) is 11.1 Å². The molecule has 1 aliphatic carbocycles. The number of rotatable bonds is 3. The Morgan fingerprint density at radius 2 is 1.97 bits per heavy atom. The van der Waals surface area contributed by atoms with Crippen molar-refractivity contribution in [3.63, 3.8) is 0 Å². The molecule has 2 saturated heterocycles. The Labute approximate surface area is 228 Å². The maximum absolute atomic E-state index is 14.1. The van der Waals surface area contributed by atoms with Gasteiger partial charge in [-0.1, -0.05) is 26.8 Å². The van der Waals surface area contributed by atoms with Crippen molar-refractivity contribution >= 4 is 22.4 Å². The summed E-state index contributed by atoms with van der Waals surface area (Å²) in [6.07, 6.45) is -7.54. The van der Waals surface area contributed by atoms with Gasteiger partial charge in [-0.05, 0) is 54.5 Å². The monoisotopic (exact) mass is 493 g/mol. The van der Waals surface area contributed by atoms with Gasteiger partial charge >= 0.3 is 0 Å². The number of ketones is 1. The van der Waals surface area contributed by atoms with Crippen LogP contribution in [0.25, 0.3) is 10.9 Å². The quantitative estimate of drug-likeness (QED) is 0.569. The normalized spacial score (nSPS) is 31.7. The van der Waals surface area contributed by atoms with Crippen LogP contribution < -0.4 is 4.90 Å². The molecule has 186 valence electrons. The van der Waals surface area contributed by atoms with Crippen LogP contribution in [0.2, 0.25) is 0 Å². The molecular weight excluding hydrogens is 448 g/mol. The van der Waals surface area contributed by atoms with E-state index in [4.69, 9.17) is 18.4 Å². The molecule has 0 spiro atoms. The van der Waals surface area contributed by atoms with Crippen molar-refractivity contribution in [3.8, 4) is 6.07 Å². The van der Waals surface area contributed by atoms with Gasteiger partial charge in [0.15, 0.2) is 5.78 Å². The fourth-order valence-electron chi connectivity index (χ4n) is 5.33. The van der Waals surface area contributed by atoms with Crippen molar-refractivity contribution < 1.29 is 24.6 Å². The third-order valence-electron chi connectivity index (χ3n) is 7.29. The molecule has 0 radical (unpaired) electrons. The smallest absolute Gasteiger partial charge is 0.195 e. The molecule has 6 nitrogen and oxygen atoms in total. The second-order valence-electron chi connectivity index (χ2n) is 9.67. The summed E-state index contributed by atoms with van der Waals surface area (Å²) in [6, 6.07) is 7.35. The van der Waals surface area contributed by atoms with E-state index < -0.39 is 69.8 Å². The number of H-pyrrole nitrogens is 1. The second kappa shape index (κ2) is 8.76. The molecule has 6 rings (SSSR count). The highest BCUT2D eigenvalue weighted by atomic mass is 16.5. The highest BCUT2D eigenvalue weighted by Crippen LogP contribution is 2.46. The first-order valence-corrected chi connectivity index (χ1v) is 11.9. The van der Waals surface area contributed by atoms with Gasteiger partial charge in [-0.2, -0.15) is 5.26 Å². The topological polar surface area (TPSA) is 72.4 Å². The number of nitrogens with zero attached hydrogens (tertiary/aromatic N) is 3. The molecular formula is C30H34N4O2. The largest absolute Gasteiger partial charge is 0.379 e. The van der Waals surface area contributed by atoms with Gasteiger partial charge in [0.05, 0.1) is 35.8 Å². The van der Waals surface area contributed by atoms with Crippen LogP contribution in [-0.2, 0) is 16.5 Å². The first-order chi connectivity index (χ1) is 21.4. The Morgan fingerprint density at radius 1 is 1.22 bits per heavy atom. The van der Waals surface area contributed by atoms with Crippen molar-refractivity contribution in [3.05, 3.63) is 63.8 Å². The molecule has 2 aliphatic heterocycles. The number of aromatic nitrogens is 1. The minimum atomic E-state index is -2.75. The van der Waals surface area contributed by atoms with Crippen LogP contribution >= 0.6 is 0 Å². The standard InChI is InChI=1S/C30H34N4O2/c1-4-20-16-23-24(17-26(20)34-9-7-21(8-10-34)33-11-13-36-14-12-33)30(2,3)29-27(28(23)35)22-6-5-19(18-31)15-25(22)32-29/h5-6,15-17,21,32H,4,7-14H2,1-3H3/i4D2,7D2,8D2,13D2,14D2,21D. The van der Waals surface area contributed by atoms with E-state index in [1.165, 1.54) is 17.9 Å². The van der Waals surface area contributed by atoms with E-state index in [1.807, 2.05) is 13.8 Å². The van der Waals surface area contributed by atoms with E-state index in [1.54, 1.807) is 24.3 Å². The van der Waals surface area contributed by atoms with Crippen molar-refractivity contribution in [2.45, 2.75) is 51.3 Å². The predicted octanol–water partition coefficient (Wildman–Crippen LogP) is 4.77. The number of carbonyl (C=O) groups is 1. The molecule has 1 aromatic heterocycles. The predicted molar refractivity (Wildman–Crippen MR) is 142 cm³/mol. The SMILES string of the molecule is [2H]C1([2H])CN(C2([2H])C([2H])([2H])CN(c3cc4c(cc3C([2H])([2H])C)C(=O)c3c([nH]c5cc(C#N)ccc35)C4(C)C)CC2([2H])[2H])CC([2H])([2H])O1. The van der Waals surface area contributed by atoms with E-state index in [0.29, 0.717) is 33.3 Å². The molecule has 0 bridgehead atoms. The highest BCUT2D eigenvalue weighted by Gasteiger charge is 2.40. The van der Waals surface area contributed by atoms with E-state index in [-0.39, 0.29) is 22.6 Å². The van der Waals surface area contributed by atoms with Crippen molar-refractivity contribution in [1.82, 2.24) is 9.88 Å². The van der Waals surface area contributed by atoms with Crippen LogP contribution in [-0.4, -0.2) is 61.0 Å². The van der Waals surface area contributed by atoms with Gasteiger partial charge < -0.3 is 14.6 Å². The van der Waals surface area contributed by atoms with Gasteiger partial charge in [-0.15, -0.1) is 0 Å². The number of ether oxygens (including phenoxy) is 1. The number of aryl methyl sites for hydroxylation is 1. The third kappa shape index (κ3) is 3.56. The molecule has 3 aliphatic rings. The average molecular weight is 494 g/mol. The van der Waals surface area contributed by atoms with Crippen LogP contribution in [0.4, 0.5) is 5.69 Å². The van der Waals surface area contributed by atoms with Crippen LogP contribution in [0.5, 0.6) is 0 Å². The first kappa shape index (κ1) is 14.0. The van der Waals surface area contributed by atoms with Gasteiger partial charge in [-0.25, -0.2) is 0 Å². The Kier molecular flexibility index (Phi) is 3.40. The van der Waals surface area contributed by atoms with Crippen LogP contribution in [0.3, 0.4) is 0 Å². The number of carbonyl (C=O) groups excluding carboxylic acids is 1. The molecule has 6 heteroatoms. The van der Waals surface area contributed by atoms with Gasteiger partial charge in [0, 0.05) is 75.1 Å². The summed E-state index contributed by atoms with van der Waals surface area (Å²) < 4.78 is 99.7. The lowest BCUT2D eigenvalue weighted by molar-refractivity contribution is 0.0115. The van der Waals surface area contributed by atoms with Gasteiger partial charge in [-0.3, -0.25) is 9.69 Å². The molecule has 0 amide bonds. The zero-order valence-corrected chi connectivity index (χ0v) is 20.4. The summed E-state index contributed by atoms with van der Waals surface area (Å²) in [5.41, 5.74) is 2.05. The lowest BCUT2D eigenvalue weighted by Crippen LogP contribution is -2.49. The number of morpholine rings is 1. The molecule has 1 N–H and O–H groups in total. The molecule has 0 atom stereocenters. The Hall–Kier alpha value is -3.14. The van der Waals surface area contributed by atoms with Crippen LogP contribution in [0.1, 0.15) is 86.9 Å². The number of hydrogen-bond donors (Lipinski definition) is 1. The Balaban J connectivity index is 1.49. The number of nitrogens with one attached hydrogen (secondary N) is 1. The van der Waals surface area contributed by atoms with E-state index >= 15 is 0 Å². The zero-order chi connectivity index (χ0) is 34.9. The fraction of sp³-hybridized carbons (Fsp3) is 0.467.